The van der Waals surface area contributed by atoms with Crippen LogP contribution in [0.5, 0.6) is 0 Å². The molecule has 570 valence electrons. The minimum absolute atomic E-state index is 0. The van der Waals surface area contributed by atoms with Gasteiger partial charge in [0.2, 0.25) is 0 Å². The second-order valence-corrected chi connectivity index (χ2v) is 17.9. The maximum atomic E-state index is 12.5. The number of aliphatic hydroxyl groups excluding tert-OH is 1. The fraction of sp³-hybridized carbons (Fsp3) is 0.783. The van der Waals surface area contributed by atoms with E-state index in [2.05, 4.69) is 60.0 Å². The summed E-state index contributed by atoms with van der Waals surface area (Å²) in [4.78, 5) is 60.3. The van der Waals surface area contributed by atoms with E-state index in [0.717, 1.165) is 6.29 Å². The first-order chi connectivity index (χ1) is 44.4. The summed E-state index contributed by atoms with van der Waals surface area (Å²) < 4.78 is 70.8. The lowest BCUT2D eigenvalue weighted by atomic mass is 10.1. The van der Waals surface area contributed by atoms with Gasteiger partial charge in [-0.15, -0.1) is 24.8 Å². The van der Waals surface area contributed by atoms with Crippen molar-refractivity contribution in [1.29, 1.82) is 0 Å². The molecule has 96 heavy (non-hydrogen) atoms. The van der Waals surface area contributed by atoms with Crippen LogP contribution < -0.4 is 40.1 Å². The molecule has 0 heterocycles. The molecule has 0 fully saturated rings. The first-order valence-corrected chi connectivity index (χ1v) is 30.1. The molecule has 0 saturated carbocycles. The third kappa shape index (κ3) is 95.6. The molecule has 0 saturated heterocycles. The van der Waals surface area contributed by atoms with Crippen LogP contribution in [0.2, 0.25) is 0 Å². The molecule has 0 aromatic carbocycles. The van der Waals surface area contributed by atoms with Gasteiger partial charge in [0.1, 0.15) is 31.0 Å². The zero-order valence-corrected chi connectivity index (χ0v) is 62.3. The number of hydrogen-bond acceptors (Lipinski definition) is 25. The number of esters is 2. The highest BCUT2D eigenvalue weighted by atomic mass is 35.5. The van der Waals surface area contributed by atoms with E-state index in [4.69, 9.17) is 102 Å². The minimum atomic E-state index is -0.886. The van der Waals surface area contributed by atoms with E-state index in [0.29, 0.717) is 210 Å². The van der Waals surface area contributed by atoms with E-state index >= 15 is 0 Å². The van der Waals surface area contributed by atoms with Crippen molar-refractivity contribution in [2.24, 2.45) is 55.1 Å². The molecular formula is C60H124Cl2N12O20S2. The van der Waals surface area contributed by atoms with E-state index < -0.39 is 24.1 Å². The van der Waals surface area contributed by atoms with Crippen molar-refractivity contribution in [3.8, 4) is 35.5 Å². The summed E-state index contributed by atoms with van der Waals surface area (Å²) in [5.74, 6) is 14.1. The summed E-state index contributed by atoms with van der Waals surface area (Å²) in [6.45, 7) is 19.8. The zero-order valence-electron chi connectivity index (χ0n) is 58.7. The van der Waals surface area contributed by atoms with Gasteiger partial charge < -0.3 is 121 Å². The average Bonchev–Trinajstić information content (AvgIpc) is 0.952. The summed E-state index contributed by atoms with van der Waals surface area (Å²) in [5, 5.41) is 17.8. The Balaban J connectivity index is -0.000000124. The normalized spacial score (nSPS) is 10.5. The number of nitrogens with two attached hydrogens (primary N) is 7. The third-order valence-corrected chi connectivity index (χ3v) is 10.7. The van der Waals surface area contributed by atoms with E-state index in [-0.39, 0.29) is 94.8 Å². The van der Waals surface area contributed by atoms with Crippen LogP contribution in [0.3, 0.4) is 0 Å². The zero-order chi connectivity index (χ0) is 70.4. The number of aldehydes is 1. The Bertz CT molecular complexity index is 1910. The van der Waals surface area contributed by atoms with Crippen molar-refractivity contribution < 1.29 is 95.7 Å². The first kappa shape index (κ1) is 113. The quantitative estimate of drug-likeness (QED) is 0.00903. The van der Waals surface area contributed by atoms with Crippen LogP contribution >= 0.6 is 51.8 Å². The van der Waals surface area contributed by atoms with Gasteiger partial charge in [-0.25, -0.2) is 0 Å². The van der Waals surface area contributed by atoms with Crippen LogP contribution in [0.15, 0.2) is 15.0 Å². The SMILES string of the molecule is CC#CC#CC#CC.CCOC(=O)[C@@H](N)CCCN=C(N)N.CCOC(=O)[C@H](CCCN=C(N)N)N(CCOCCOC)CCOCCOC.COCCOCC=O.COCCOCCN(CCOCCOC)[C@@H](CCCN=C(N)N)C(=O)O.COCCOCCO.Cl.Cl.S.S. The highest BCUT2D eigenvalue weighted by Gasteiger charge is 2.27. The van der Waals surface area contributed by atoms with Crippen LogP contribution in [0, 0.1) is 35.5 Å². The largest absolute Gasteiger partial charge is 0.480 e. The number of aliphatic imine (C=N–C) groups is 3. The lowest BCUT2D eigenvalue weighted by molar-refractivity contribution is -0.150. The van der Waals surface area contributed by atoms with E-state index in [1.54, 1.807) is 70.4 Å². The number of hydrogen-bond donors (Lipinski definition) is 9. The highest BCUT2D eigenvalue weighted by Crippen LogP contribution is 2.12. The maximum absolute atomic E-state index is 12.5. The molecule has 0 aliphatic carbocycles. The molecule has 0 spiro atoms. The van der Waals surface area contributed by atoms with Crippen molar-refractivity contribution in [2.45, 2.75) is 84.3 Å². The van der Waals surface area contributed by atoms with Gasteiger partial charge in [-0.2, -0.15) is 27.0 Å². The number of carbonyl (C=O) groups excluding carboxylic acids is 3. The molecule has 0 amide bonds. The van der Waals surface area contributed by atoms with Gasteiger partial charge >= 0.3 is 17.9 Å². The van der Waals surface area contributed by atoms with Gasteiger partial charge in [0.05, 0.1) is 132 Å². The van der Waals surface area contributed by atoms with Gasteiger partial charge in [-0.1, -0.05) is 11.8 Å². The smallest absolute Gasteiger partial charge is 0.323 e. The van der Waals surface area contributed by atoms with E-state index in [1.165, 1.54) is 0 Å². The summed E-state index contributed by atoms with van der Waals surface area (Å²) >= 11 is 0. The topological polar surface area (TPSA) is 464 Å². The molecule has 0 bridgehead atoms. The molecule has 0 aromatic heterocycles. The lowest BCUT2D eigenvalue weighted by Crippen LogP contribution is -2.45. The van der Waals surface area contributed by atoms with E-state index in [1.807, 2.05) is 9.80 Å². The van der Waals surface area contributed by atoms with Crippen LogP contribution in [0.1, 0.15) is 66.2 Å². The molecule has 0 aliphatic heterocycles. The van der Waals surface area contributed by atoms with Crippen molar-refractivity contribution in [3.05, 3.63) is 0 Å². The van der Waals surface area contributed by atoms with Crippen molar-refractivity contribution in [1.82, 2.24) is 9.80 Å². The summed E-state index contributed by atoms with van der Waals surface area (Å²) in [6.07, 6.45) is 4.14. The van der Waals surface area contributed by atoms with Gasteiger partial charge in [0, 0.05) is 88.5 Å². The molecular weight excluding hydrogens is 1340 g/mol. The molecule has 3 atom stereocenters. The fourth-order valence-corrected chi connectivity index (χ4v) is 6.34. The Labute approximate surface area is 598 Å². The van der Waals surface area contributed by atoms with Crippen LogP contribution in [-0.2, 0) is 85.5 Å². The monoisotopic (exact) mass is 1470 g/mol. The standard InChI is InChI=1S/C18H38N4O6.C16H34N4O6.C8H18N4O2.C8H6.C5H12O3.C5H10O3.2ClH.2H2S/c1-4-28-17(23)16(6-5-7-21-18(19)20)22(8-10-26-14-12-24-2)9-11-27-15-13-25-3;1-23-10-12-25-8-6-20(7-9-26-13-11-24-2)14(15(21)22)4-3-5-19-16(17)18;1-2-14-7(13)6(9)4-3-5-12-8(10)11;1-3-5-7-8-6-4-2;2*1-7-4-5-8-3-2-6;;;;/h16H,4-15H2,1-3H3,(H4,19,20,21);14H,3-13H2,1-2H3,(H,21,22)(H4,17,18,19);6H,2-5,9H2,1H3,(H4,10,11,12);1-2H3;6H,2-5H2,1H3;2H,3-5H2,1H3;2*1H;2*1H2/t16-;14-;6-;;;;;;;/m000......./s1. The highest BCUT2D eigenvalue weighted by molar-refractivity contribution is 7.59. The molecule has 0 aromatic rings. The van der Waals surface area contributed by atoms with Gasteiger partial charge in [-0.3, -0.25) is 39.2 Å². The minimum Gasteiger partial charge on any atom is -0.480 e. The number of aliphatic carboxylic acids is 1. The van der Waals surface area contributed by atoms with Gasteiger partial charge in [0.15, 0.2) is 17.9 Å². The molecule has 0 radical (unpaired) electrons. The number of carbonyl (C=O) groups is 4. The number of rotatable bonds is 53. The number of nitrogens with zero attached hydrogens (tertiary/aromatic N) is 5. The molecule has 0 aliphatic rings. The third-order valence-electron chi connectivity index (χ3n) is 10.7. The number of halogens is 2. The number of carboxylic acids is 1. The fourth-order valence-electron chi connectivity index (χ4n) is 6.34. The number of ether oxygens (including phenoxy) is 14. The number of methoxy groups -OCH3 is 6. The van der Waals surface area contributed by atoms with Gasteiger partial charge in [-0.05, 0) is 89.9 Å². The second kappa shape index (κ2) is 96.6. The summed E-state index contributed by atoms with van der Waals surface area (Å²) in [7, 11) is 9.65. The average molecular weight is 1470 g/mol. The Morgan fingerprint density at radius 2 is 0.760 bits per heavy atom. The second-order valence-electron chi connectivity index (χ2n) is 17.9. The Morgan fingerprint density at radius 3 is 1.05 bits per heavy atom. The molecule has 36 heteroatoms. The lowest BCUT2D eigenvalue weighted by Gasteiger charge is -2.30. The van der Waals surface area contributed by atoms with Crippen LogP contribution in [-0.4, -0.2) is 307 Å². The summed E-state index contributed by atoms with van der Waals surface area (Å²) in [5.41, 5.74) is 37.1. The van der Waals surface area contributed by atoms with Crippen molar-refractivity contribution in [2.75, 3.05) is 227 Å². The van der Waals surface area contributed by atoms with Crippen LogP contribution in [0.4, 0.5) is 0 Å². The van der Waals surface area contributed by atoms with E-state index in [9.17, 15) is 24.3 Å². The van der Waals surface area contributed by atoms with Crippen LogP contribution in [0.25, 0.3) is 0 Å². The molecule has 0 unspecified atom stereocenters. The summed E-state index contributed by atoms with van der Waals surface area (Å²) in [6, 6.07) is -1.64. The predicted molar refractivity (Wildman–Crippen MR) is 389 cm³/mol. The predicted octanol–water partition coefficient (Wildman–Crippen LogP) is -0.753. The Kier molecular flexibility index (Phi) is 113. The Morgan fingerprint density at radius 1 is 0.458 bits per heavy atom. The molecule has 16 N–H and O–H groups in total. The first-order valence-electron chi connectivity index (χ1n) is 30.1. The van der Waals surface area contributed by atoms with Crippen molar-refractivity contribution in [3.63, 3.8) is 0 Å². The molecule has 32 nitrogen and oxygen atoms in total. The van der Waals surface area contributed by atoms with Gasteiger partial charge in [0.25, 0.3) is 0 Å². The number of carboxylic acid groups (broad SMARTS) is 1. The molecule has 0 rings (SSSR count). The van der Waals surface area contributed by atoms with Crippen molar-refractivity contribution >= 4 is 93.9 Å². The number of guanidine groups is 3. The Hall–Kier alpha value is -4.79. The number of aliphatic hydroxyl groups is 1. The maximum Gasteiger partial charge on any atom is 0.323 e.